The van der Waals surface area contributed by atoms with Gasteiger partial charge in [-0.3, -0.25) is 0 Å². The molecule has 0 aliphatic heterocycles. The highest BCUT2D eigenvalue weighted by Crippen LogP contribution is 2.23. The molecule has 0 saturated heterocycles. The Balaban J connectivity index is 1.94. The minimum Gasteiger partial charge on any atom is -0.497 e. The van der Waals surface area contributed by atoms with Gasteiger partial charge in [-0.2, -0.15) is 0 Å². The number of aromatic nitrogens is 1. The van der Waals surface area contributed by atoms with Crippen molar-refractivity contribution in [2.24, 2.45) is 12.2 Å². The van der Waals surface area contributed by atoms with Crippen molar-refractivity contribution >= 4 is 27.2 Å². The standard InChI is InChI=1S/C19H22N3O2S/c1-13(10-11-23)14-4-6-15(7-5-14)20-21-19-22(2)17-9-8-16(24-3)12-18(17)25-19/h4-9,12-13,23H,10-11H2,1-3H3/q+1. The molecule has 1 atom stereocenters. The maximum absolute atomic E-state index is 9.04. The zero-order valence-electron chi connectivity index (χ0n) is 14.6. The normalized spacial score (nSPS) is 12.0. The van der Waals surface area contributed by atoms with Crippen molar-refractivity contribution in [2.75, 3.05) is 13.7 Å². The smallest absolute Gasteiger partial charge is 0.465 e. The van der Waals surface area contributed by atoms with Crippen LogP contribution < -0.4 is 9.54 Å². The molecule has 1 N–H and O–H groups in total. The molecule has 0 spiro atoms. The van der Waals surface area contributed by atoms with Crippen LogP contribution in [0.1, 0.15) is 24.8 Å². The van der Waals surface area contributed by atoms with Crippen LogP contribution in [0, 0.1) is 0 Å². The molecule has 1 aromatic heterocycles. The van der Waals surface area contributed by atoms with Crippen LogP contribution in [-0.4, -0.2) is 28.2 Å². The number of nitrogens with zero attached hydrogens (tertiary/aromatic N) is 3. The van der Waals surface area contributed by atoms with Gasteiger partial charge in [0.15, 0.2) is 0 Å². The predicted molar refractivity (Wildman–Crippen MR) is 99.4 cm³/mol. The summed E-state index contributed by atoms with van der Waals surface area (Å²) in [4.78, 5) is 5.24. The van der Waals surface area contributed by atoms with E-state index in [1.54, 1.807) is 18.4 Å². The number of thiazole rings is 1. The van der Waals surface area contributed by atoms with Crippen LogP contribution in [0.15, 0.2) is 47.6 Å². The maximum Gasteiger partial charge on any atom is 0.465 e. The summed E-state index contributed by atoms with van der Waals surface area (Å²) in [7, 11) is 3.65. The van der Waals surface area contributed by atoms with Gasteiger partial charge in [0.25, 0.3) is 0 Å². The van der Waals surface area contributed by atoms with Crippen molar-refractivity contribution in [3.8, 4) is 5.75 Å². The highest BCUT2D eigenvalue weighted by Gasteiger charge is 2.11. The number of methoxy groups -OCH3 is 1. The van der Waals surface area contributed by atoms with Gasteiger partial charge < -0.3 is 9.84 Å². The van der Waals surface area contributed by atoms with E-state index in [0.717, 1.165) is 32.9 Å². The van der Waals surface area contributed by atoms with Gasteiger partial charge in [0.2, 0.25) is 0 Å². The first-order chi connectivity index (χ1) is 12.1. The zero-order chi connectivity index (χ0) is 17.8. The third-order valence-electron chi connectivity index (χ3n) is 4.29. The SMILES string of the molecule is COc1ccc2c(c1)sc(=[N+]=Nc1ccc(C(C)CCO)cc1)n2C. The Kier molecular flexibility index (Phi) is 5.34. The molecule has 6 heteroatoms. The minimum absolute atomic E-state index is 0.204. The summed E-state index contributed by atoms with van der Waals surface area (Å²) in [5.41, 5.74) is 3.12. The van der Waals surface area contributed by atoms with E-state index in [4.69, 9.17) is 9.84 Å². The van der Waals surface area contributed by atoms with Crippen LogP contribution >= 0.6 is 11.3 Å². The number of aliphatic hydroxyl groups is 1. The number of benzene rings is 2. The predicted octanol–water partition coefficient (Wildman–Crippen LogP) is 3.63. The maximum atomic E-state index is 9.04. The number of hydrogen-bond acceptors (Lipinski definition) is 4. The average molecular weight is 356 g/mol. The lowest BCUT2D eigenvalue weighted by atomic mass is 9.98. The number of aliphatic hydroxyl groups excluding tert-OH is 1. The fourth-order valence-electron chi connectivity index (χ4n) is 2.67. The quantitative estimate of drug-likeness (QED) is 0.560. The van der Waals surface area contributed by atoms with Gasteiger partial charge in [0.1, 0.15) is 17.0 Å². The Morgan fingerprint density at radius 3 is 2.68 bits per heavy atom. The van der Waals surface area contributed by atoms with Crippen molar-refractivity contribution in [2.45, 2.75) is 19.3 Å². The molecule has 0 bridgehead atoms. The van der Waals surface area contributed by atoms with Crippen molar-refractivity contribution in [3.05, 3.63) is 52.8 Å². The third-order valence-corrected chi connectivity index (χ3v) is 5.38. The van der Waals surface area contributed by atoms with Crippen LogP contribution in [0.4, 0.5) is 5.69 Å². The number of fused-ring (bicyclic) bond motifs is 1. The van der Waals surface area contributed by atoms with Gasteiger partial charge in [-0.1, -0.05) is 23.8 Å². The second-order valence-corrected chi connectivity index (χ2v) is 6.99. The molecule has 0 aliphatic carbocycles. The number of aryl methyl sites for hydroxylation is 1. The Hall–Kier alpha value is -2.40. The third kappa shape index (κ3) is 3.82. The molecule has 2 aromatic carbocycles. The Morgan fingerprint density at radius 1 is 1.24 bits per heavy atom. The van der Waals surface area contributed by atoms with Gasteiger partial charge >= 0.3 is 4.80 Å². The van der Waals surface area contributed by atoms with E-state index < -0.39 is 0 Å². The molecule has 1 heterocycles. The van der Waals surface area contributed by atoms with E-state index in [0.29, 0.717) is 5.92 Å². The molecule has 25 heavy (non-hydrogen) atoms. The Labute approximate surface area is 150 Å². The summed E-state index contributed by atoms with van der Waals surface area (Å²) in [5.74, 6) is 1.18. The summed E-state index contributed by atoms with van der Waals surface area (Å²) in [6.45, 7) is 2.31. The molecule has 0 radical (unpaired) electrons. The highest BCUT2D eigenvalue weighted by molar-refractivity contribution is 7.16. The minimum atomic E-state index is 0.204. The van der Waals surface area contributed by atoms with E-state index in [1.165, 1.54) is 5.56 Å². The molecule has 3 aromatic rings. The lowest BCUT2D eigenvalue weighted by molar-refractivity contribution is -0.135. The first-order valence-electron chi connectivity index (χ1n) is 8.21. The van der Waals surface area contributed by atoms with Crippen molar-refractivity contribution in [1.29, 1.82) is 0 Å². The van der Waals surface area contributed by atoms with Crippen molar-refractivity contribution in [3.63, 3.8) is 0 Å². The zero-order valence-corrected chi connectivity index (χ0v) is 15.5. The number of hydrogen-bond donors (Lipinski definition) is 1. The Morgan fingerprint density at radius 2 is 2.00 bits per heavy atom. The van der Waals surface area contributed by atoms with Gasteiger partial charge in [0.05, 0.1) is 18.9 Å². The first-order valence-corrected chi connectivity index (χ1v) is 9.03. The summed E-state index contributed by atoms with van der Waals surface area (Å²) in [5, 5.41) is 13.4. The lowest BCUT2D eigenvalue weighted by Crippen LogP contribution is -2.11. The topological polar surface area (TPSA) is 60.9 Å². The van der Waals surface area contributed by atoms with Gasteiger partial charge in [-0.15, -0.1) is 0 Å². The van der Waals surface area contributed by atoms with Gasteiger partial charge in [-0.05, 0) is 53.5 Å². The van der Waals surface area contributed by atoms with E-state index >= 15 is 0 Å². The molecule has 0 saturated carbocycles. The fourth-order valence-corrected chi connectivity index (χ4v) is 3.67. The molecule has 5 nitrogen and oxygen atoms in total. The second kappa shape index (κ2) is 7.66. The van der Waals surface area contributed by atoms with Gasteiger partial charge in [-0.25, -0.2) is 4.57 Å². The van der Waals surface area contributed by atoms with E-state index in [9.17, 15) is 0 Å². The molecule has 3 rings (SSSR count). The van der Waals surface area contributed by atoms with Crippen LogP contribution in [0.3, 0.4) is 0 Å². The van der Waals surface area contributed by atoms with Crippen molar-refractivity contribution in [1.82, 2.24) is 4.57 Å². The van der Waals surface area contributed by atoms with E-state index in [-0.39, 0.29) is 6.61 Å². The molecular formula is C19H22N3O2S+. The van der Waals surface area contributed by atoms with Crippen LogP contribution in [0.5, 0.6) is 5.75 Å². The summed E-state index contributed by atoms with van der Waals surface area (Å²) in [6, 6.07) is 14.0. The summed E-state index contributed by atoms with van der Waals surface area (Å²) < 4.78 is 8.42. The van der Waals surface area contributed by atoms with E-state index in [1.807, 2.05) is 54.1 Å². The molecule has 0 aliphatic rings. The van der Waals surface area contributed by atoms with E-state index in [2.05, 4.69) is 16.8 Å². The highest BCUT2D eigenvalue weighted by atomic mass is 32.1. The molecule has 0 fully saturated rings. The fraction of sp³-hybridized carbons (Fsp3) is 0.316. The van der Waals surface area contributed by atoms with Gasteiger partial charge in [0, 0.05) is 17.8 Å². The number of rotatable bonds is 5. The largest absolute Gasteiger partial charge is 0.497 e. The van der Waals surface area contributed by atoms with Crippen LogP contribution in [0.25, 0.3) is 10.2 Å². The molecule has 1 unspecified atom stereocenters. The summed E-state index contributed by atoms with van der Waals surface area (Å²) in [6.07, 6.45) is 0.766. The van der Waals surface area contributed by atoms with Crippen molar-refractivity contribution < 1.29 is 14.6 Å². The number of ether oxygens (including phenoxy) is 1. The molecule has 0 amide bonds. The molecular weight excluding hydrogens is 334 g/mol. The lowest BCUT2D eigenvalue weighted by Gasteiger charge is -2.09. The monoisotopic (exact) mass is 356 g/mol. The average Bonchev–Trinajstić information content (AvgIpc) is 2.95. The Bertz CT molecular complexity index is 966. The summed E-state index contributed by atoms with van der Waals surface area (Å²) >= 11 is 1.58. The van der Waals surface area contributed by atoms with Crippen LogP contribution in [-0.2, 0) is 7.05 Å². The molecule has 130 valence electrons. The van der Waals surface area contributed by atoms with Crippen LogP contribution in [0.2, 0.25) is 0 Å². The first kappa shape index (κ1) is 17.4. The second-order valence-electron chi connectivity index (χ2n) is 5.98.